The summed E-state index contributed by atoms with van der Waals surface area (Å²) in [5, 5.41) is 0. The molecule has 17 heavy (non-hydrogen) atoms. The standard InChI is InChI=1S/C13H13FO2S/c14-12-6-3-5-10(8-12)11-4-1-2-7-13(9-11)17(15)16/h3,5-9H,1-2,4H2,(H,15,16)/p-1. The Bertz CT molecular complexity index is 506. The molecule has 0 aliphatic heterocycles. The average molecular weight is 251 g/mol. The van der Waals surface area contributed by atoms with Crippen LogP contribution in [-0.4, -0.2) is 8.76 Å². The highest BCUT2D eigenvalue weighted by Gasteiger charge is 2.07. The Morgan fingerprint density at radius 1 is 1.35 bits per heavy atom. The fourth-order valence-electron chi connectivity index (χ4n) is 1.87. The maximum absolute atomic E-state index is 13.1. The van der Waals surface area contributed by atoms with Crippen molar-refractivity contribution in [2.75, 3.05) is 0 Å². The second kappa shape index (κ2) is 5.38. The van der Waals surface area contributed by atoms with Gasteiger partial charge in [-0.25, -0.2) is 4.39 Å². The molecule has 1 aliphatic carbocycles. The summed E-state index contributed by atoms with van der Waals surface area (Å²) >= 11 is -2.22. The monoisotopic (exact) mass is 251 g/mol. The van der Waals surface area contributed by atoms with Crippen LogP contribution in [0, 0.1) is 5.82 Å². The molecule has 90 valence electrons. The van der Waals surface area contributed by atoms with E-state index in [4.69, 9.17) is 0 Å². The molecule has 0 saturated heterocycles. The molecule has 0 fully saturated rings. The molecule has 1 aliphatic rings. The molecule has 4 heteroatoms. The van der Waals surface area contributed by atoms with Gasteiger partial charge in [0.2, 0.25) is 0 Å². The molecular formula is C13H12FO2S-. The van der Waals surface area contributed by atoms with Gasteiger partial charge in [0.1, 0.15) is 5.82 Å². The van der Waals surface area contributed by atoms with Crippen LogP contribution in [0.2, 0.25) is 0 Å². The van der Waals surface area contributed by atoms with Crippen molar-refractivity contribution in [1.29, 1.82) is 0 Å². The van der Waals surface area contributed by atoms with Gasteiger partial charge in [-0.15, -0.1) is 0 Å². The average Bonchev–Trinajstić information content (AvgIpc) is 2.54. The molecule has 0 N–H and O–H groups in total. The van der Waals surface area contributed by atoms with E-state index in [9.17, 15) is 13.2 Å². The lowest BCUT2D eigenvalue weighted by Crippen LogP contribution is -1.91. The van der Waals surface area contributed by atoms with E-state index in [0.29, 0.717) is 4.91 Å². The van der Waals surface area contributed by atoms with Gasteiger partial charge in [-0.2, -0.15) is 0 Å². The summed E-state index contributed by atoms with van der Waals surface area (Å²) in [4.78, 5) is 0.293. The molecule has 0 amide bonds. The molecule has 0 radical (unpaired) electrons. The minimum Gasteiger partial charge on any atom is -0.768 e. The molecule has 0 aromatic heterocycles. The first-order valence-corrected chi connectivity index (χ1v) is 6.50. The van der Waals surface area contributed by atoms with Crippen LogP contribution in [-0.2, 0) is 11.1 Å². The quantitative estimate of drug-likeness (QED) is 0.757. The van der Waals surface area contributed by atoms with E-state index >= 15 is 0 Å². The molecule has 2 nitrogen and oxygen atoms in total. The van der Waals surface area contributed by atoms with Crippen molar-refractivity contribution < 1.29 is 13.2 Å². The summed E-state index contributed by atoms with van der Waals surface area (Å²) in [6, 6.07) is 6.24. The molecule has 1 aromatic rings. The second-order valence-corrected chi connectivity index (χ2v) is 4.85. The van der Waals surface area contributed by atoms with Crippen LogP contribution in [0.1, 0.15) is 24.8 Å². The molecule has 1 unspecified atom stereocenters. The van der Waals surface area contributed by atoms with Gasteiger partial charge in [-0.05, 0) is 59.7 Å². The zero-order chi connectivity index (χ0) is 12.3. The van der Waals surface area contributed by atoms with E-state index < -0.39 is 11.1 Å². The smallest absolute Gasteiger partial charge is 0.123 e. The Balaban J connectivity index is 2.37. The van der Waals surface area contributed by atoms with Gasteiger partial charge in [0.15, 0.2) is 0 Å². The summed E-state index contributed by atoms with van der Waals surface area (Å²) in [5.41, 5.74) is 1.63. The number of allylic oxidation sites excluding steroid dienone is 3. The Morgan fingerprint density at radius 2 is 2.18 bits per heavy atom. The summed E-state index contributed by atoms with van der Waals surface area (Å²) in [5.74, 6) is -0.304. The van der Waals surface area contributed by atoms with Crippen molar-refractivity contribution >= 4 is 16.7 Å². The highest BCUT2D eigenvalue weighted by Crippen LogP contribution is 2.27. The van der Waals surface area contributed by atoms with Crippen molar-refractivity contribution in [3.05, 3.63) is 52.7 Å². The SMILES string of the molecule is O=S([O-])C1=CCCCC(c2cccc(F)c2)=C1. The van der Waals surface area contributed by atoms with E-state index in [2.05, 4.69) is 0 Å². The van der Waals surface area contributed by atoms with Crippen LogP contribution in [0.4, 0.5) is 4.39 Å². The maximum Gasteiger partial charge on any atom is 0.123 e. The molecule has 1 aromatic carbocycles. The third-order valence-corrected chi connectivity index (χ3v) is 3.37. The molecule has 0 heterocycles. The number of benzene rings is 1. The Labute approximate surface area is 102 Å². The predicted octanol–water partition coefficient (Wildman–Crippen LogP) is 3.16. The minimum absolute atomic E-state index is 0.293. The molecule has 0 saturated carbocycles. The summed E-state index contributed by atoms with van der Waals surface area (Å²) in [7, 11) is 0. The molecule has 2 rings (SSSR count). The molecule has 1 atom stereocenters. The highest BCUT2D eigenvalue weighted by atomic mass is 32.2. The largest absolute Gasteiger partial charge is 0.768 e. The third-order valence-electron chi connectivity index (χ3n) is 2.70. The Hall–Kier alpha value is -1.26. The number of rotatable bonds is 2. The number of hydrogen-bond acceptors (Lipinski definition) is 2. The third kappa shape index (κ3) is 3.11. The van der Waals surface area contributed by atoms with E-state index in [1.54, 1.807) is 24.3 Å². The molecule has 0 bridgehead atoms. The van der Waals surface area contributed by atoms with Gasteiger partial charge in [0.05, 0.1) is 0 Å². The van der Waals surface area contributed by atoms with E-state index in [-0.39, 0.29) is 5.82 Å². The normalized spacial score (nSPS) is 18.0. The van der Waals surface area contributed by atoms with Gasteiger partial charge in [-0.1, -0.05) is 18.2 Å². The fourth-order valence-corrected chi connectivity index (χ4v) is 2.36. The van der Waals surface area contributed by atoms with Crippen LogP contribution in [0.25, 0.3) is 5.57 Å². The first kappa shape index (κ1) is 12.2. The van der Waals surface area contributed by atoms with E-state index in [0.717, 1.165) is 30.4 Å². The van der Waals surface area contributed by atoms with Gasteiger partial charge in [-0.3, -0.25) is 4.21 Å². The summed E-state index contributed by atoms with van der Waals surface area (Å²) < 4.78 is 35.0. The lowest BCUT2D eigenvalue weighted by molar-refractivity contribution is 0.544. The first-order chi connectivity index (χ1) is 8.16. The van der Waals surface area contributed by atoms with Crippen LogP contribution < -0.4 is 0 Å². The van der Waals surface area contributed by atoms with Gasteiger partial charge in [0, 0.05) is 4.91 Å². The zero-order valence-corrected chi connectivity index (χ0v) is 10.0. The van der Waals surface area contributed by atoms with Crippen molar-refractivity contribution in [2.24, 2.45) is 0 Å². The van der Waals surface area contributed by atoms with Crippen LogP contribution >= 0.6 is 0 Å². The lowest BCUT2D eigenvalue weighted by atomic mass is 10.0. The van der Waals surface area contributed by atoms with Crippen molar-refractivity contribution in [3.63, 3.8) is 0 Å². The van der Waals surface area contributed by atoms with E-state index in [1.807, 2.05) is 0 Å². The van der Waals surface area contributed by atoms with Gasteiger partial charge in [0.25, 0.3) is 0 Å². The van der Waals surface area contributed by atoms with Crippen LogP contribution in [0.3, 0.4) is 0 Å². The van der Waals surface area contributed by atoms with E-state index in [1.165, 1.54) is 12.1 Å². The number of hydrogen-bond donors (Lipinski definition) is 0. The van der Waals surface area contributed by atoms with Crippen molar-refractivity contribution in [1.82, 2.24) is 0 Å². The number of halogens is 1. The highest BCUT2D eigenvalue weighted by molar-refractivity contribution is 7.83. The predicted molar refractivity (Wildman–Crippen MR) is 65.2 cm³/mol. The van der Waals surface area contributed by atoms with Gasteiger partial charge >= 0.3 is 0 Å². The van der Waals surface area contributed by atoms with Crippen LogP contribution in [0.5, 0.6) is 0 Å². The van der Waals surface area contributed by atoms with Crippen molar-refractivity contribution in [2.45, 2.75) is 19.3 Å². The lowest BCUT2D eigenvalue weighted by Gasteiger charge is -2.08. The topological polar surface area (TPSA) is 40.1 Å². The zero-order valence-electron chi connectivity index (χ0n) is 9.19. The van der Waals surface area contributed by atoms with Crippen molar-refractivity contribution in [3.8, 4) is 0 Å². The minimum atomic E-state index is -2.22. The van der Waals surface area contributed by atoms with Gasteiger partial charge < -0.3 is 4.55 Å². The van der Waals surface area contributed by atoms with Crippen LogP contribution in [0.15, 0.2) is 41.3 Å². The maximum atomic E-state index is 13.1. The summed E-state index contributed by atoms with van der Waals surface area (Å²) in [6.45, 7) is 0. The Morgan fingerprint density at radius 3 is 2.88 bits per heavy atom. The fraction of sp³-hybridized carbons (Fsp3) is 0.231. The first-order valence-electron chi connectivity index (χ1n) is 5.43. The molecule has 0 spiro atoms. The second-order valence-electron chi connectivity index (χ2n) is 3.91. The molecular weight excluding hydrogens is 239 g/mol. The summed E-state index contributed by atoms with van der Waals surface area (Å²) in [6.07, 6.45) is 5.71. The Kier molecular flexibility index (Phi) is 3.86.